The minimum absolute atomic E-state index is 0.119. The topological polar surface area (TPSA) is 31.4 Å². The molecule has 0 saturated heterocycles. The monoisotopic (exact) mass is 275 g/mol. The molecule has 1 aromatic carbocycles. The summed E-state index contributed by atoms with van der Waals surface area (Å²) in [5.74, 6) is 1.10. The van der Waals surface area contributed by atoms with Crippen molar-refractivity contribution in [3.8, 4) is 11.6 Å². The smallest absolute Gasteiger partial charge is 0.213 e. The highest BCUT2D eigenvalue weighted by molar-refractivity contribution is 5.32. The van der Waals surface area contributed by atoms with E-state index in [0.29, 0.717) is 23.8 Å². The zero-order valence-corrected chi connectivity index (χ0v) is 11.9. The average molecular weight is 275 g/mol. The van der Waals surface area contributed by atoms with E-state index in [9.17, 15) is 4.39 Å². The van der Waals surface area contributed by atoms with E-state index in [1.165, 1.54) is 6.07 Å². The van der Waals surface area contributed by atoms with Gasteiger partial charge in [0, 0.05) is 6.07 Å². The van der Waals surface area contributed by atoms with Crippen molar-refractivity contribution in [3.05, 3.63) is 53.5 Å². The summed E-state index contributed by atoms with van der Waals surface area (Å²) < 4.78 is 24.3. The van der Waals surface area contributed by atoms with Gasteiger partial charge in [-0.2, -0.15) is 0 Å². The van der Waals surface area contributed by atoms with E-state index in [-0.39, 0.29) is 11.7 Å². The Kier molecular flexibility index (Phi) is 4.56. The first-order chi connectivity index (χ1) is 9.60. The molecule has 0 aliphatic carbocycles. The Bertz CT molecular complexity index is 584. The van der Waals surface area contributed by atoms with Crippen LogP contribution in [0.15, 0.2) is 36.4 Å². The van der Waals surface area contributed by atoms with Crippen molar-refractivity contribution in [3.63, 3.8) is 0 Å². The first-order valence-corrected chi connectivity index (χ1v) is 6.52. The summed E-state index contributed by atoms with van der Waals surface area (Å²) in [6, 6.07) is 10.3. The minimum atomic E-state index is -0.202. The van der Waals surface area contributed by atoms with Crippen molar-refractivity contribution in [1.29, 1.82) is 0 Å². The summed E-state index contributed by atoms with van der Waals surface area (Å²) in [5.41, 5.74) is 1.42. The van der Waals surface area contributed by atoms with Crippen molar-refractivity contribution >= 4 is 0 Å². The summed E-state index contributed by atoms with van der Waals surface area (Å²) >= 11 is 0. The maximum absolute atomic E-state index is 13.6. The third-order valence-electron chi connectivity index (χ3n) is 2.97. The van der Waals surface area contributed by atoms with Crippen LogP contribution in [-0.4, -0.2) is 12.1 Å². The maximum atomic E-state index is 13.6. The van der Waals surface area contributed by atoms with E-state index >= 15 is 0 Å². The van der Waals surface area contributed by atoms with Gasteiger partial charge in [0.15, 0.2) is 0 Å². The van der Waals surface area contributed by atoms with E-state index in [2.05, 4.69) is 4.98 Å². The molecule has 0 aliphatic heterocycles. The number of nitrogens with zero attached hydrogens (tertiary/aromatic N) is 1. The molecule has 0 atom stereocenters. The predicted molar refractivity (Wildman–Crippen MR) is 75.6 cm³/mol. The Morgan fingerprint density at radius 2 is 2.00 bits per heavy atom. The molecule has 0 amide bonds. The van der Waals surface area contributed by atoms with Crippen LogP contribution >= 0.6 is 0 Å². The van der Waals surface area contributed by atoms with Gasteiger partial charge in [-0.25, -0.2) is 9.37 Å². The number of halogens is 1. The largest absolute Gasteiger partial charge is 0.487 e. The van der Waals surface area contributed by atoms with Crippen LogP contribution in [0, 0.1) is 5.82 Å². The molecule has 0 N–H and O–H groups in total. The van der Waals surface area contributed by atoms with Crippen molar-refractivity contribution in [2.75, 3.05) is 7.11 Å². The maximum Gasteiger partial charge on any atom is 0.213 e. The Labute approximate surface area is 118 Å². The summed E-state index contributed by atoms with van der Waals surface area (Å²) in [4.78, 5) is 4.26. The van der Waals surface area contributed by atoms with Gasteiger partial charge in [-0.1, -0.05) is 19.9 Å². The lowest BCUT2D eigenvalue weighted by Gasteiger charge is -2.11. The molecule has 0 aliphatic rings. The standard InChI is InChI=1S/C16H18FNO2/c1-11(2)14-9-13(7-8-15(14)17)20-10-12-5-4-6-16(18-12)19-3/h4-9,11H,10H2,1-3H3. The number of aromatic nitrogens is 1. The van der Waals surface area contributed by atoms with Crippen LogP contribution in [0.2, 0.25) is 0 Å². The highest BCUT2D eigenvalue weighted by Crippen LogP contribution is 2.24. The molecule has 2 rings (SSSR count). The molecular formula is C16H18FNO2. The lowest BCUT2D eigenvalue weighted by Crippen LogP contribution is -2.01. The molecule has 0 unspecified atom stereocenters. The highest BCUT2D eigenvalue weighted by atomic mass is 19.1. The van der Waals surface area contributed by atoms with Gasteiger partial charge < -0.3 is 9.47 Å². The lowest BCUT2D eigenvalue weighted by molar-refractivity contribution is 0.297. The lowest BCUT2D eigenvalue weighted by atomic mass is 10.0. The minimum Gasteiger partial charge on any atom is -0.487 e. The normalized spacial score (nSPS) is 10.7. The molecule has 1 heterocycles. The number of hydrogen-bond donors (Lipinski definition) is 0. The number of rotatable bonds is 5. The number of hydrogen-bond acceptors (Lipinski definition) is 3. The molecule has 0 radical (unpaired) electrons. The van der Waals surface area contributed by atoms with E-state index in [1.54, 1.807) is 25.3 Å². The molecule has 20 heavy (non-hydrogen) atoms. The second-order valence-electron chi connectivity index (χ2n) is 4.80. The quantitative estimate of drug-likeness (QED) is 0.828. The van der Waals surface area contributed by atoms with Crippen molar-refractivity contribution in [1.82, 2.24) is 4.98 Å². The van der Waals surface area contributed by atoms with Crippen molar-refractivity contribution < 1.29 is 13.9 Å². The number of pyridine rings is 1. The fraction of sp³-hybridized carbons (Fsp3) is 0.312. The molecule has 1 aromatic heterocycles. The summed E-state index contributed by atoms with van der Waals surface area (Å²) in [6.07, 6.45) is 0. The summed E-state index contributed by atoms with van der Waals surface area (Å²) in [5, 5.41) is 0. The van der Waals surface area contributed by atoms with E-state index in [0.717, 1.165) is 5.69 Å². The zero-order chi connectivity index (χ0) is 14.5. The fourth-order valence-electron chi connectivity index (χ4n) is 1.86. The van der Waals surface area contributed by atoms with Gasteiger partial charge in [-0.05, 0) is 35.7 Å². The van der Waals surface area contributed by atoms with Gasteiger partial charge in [0.25, 0.3) is 0 Å². The van der Waals surface area contributed by atoms with Gasteiger partial charge in [-0.3, -0.25) is 0 Å². The number of methoxy groups -OCH3 is 1. The molecule has 106 valence electrons. The fourth-order valence-corrected chi connectivity index (χ4v) is 1.86. The first kappa shape index (κ1) is 14.3. The number of ether oxygens (including phenoxy) is 2. The molecule has 0 fully saturated rings. The summed E-state index contributed by atoms with van der Waals surface area (Å²) in [7, 11) is 1.57. The van der Waals surface area contributed by atoms with Crippen molar-refractivity contribution in [2.24, 2.45) is 0 Å². The van der Waals surface area contributed by atoms with Gasteiger partial charge >= 0.3 is 0 Å². The second-order valence-corrected chi connectivity index (χ2v) is 4.80. The van der Waals surface area contributed by atoms with E-state index in [4.69, 9.17) is 9.47 Å². The van der Waals surface area contributed by atoms with E-state index in [1.807, 2.05) is 26.0 Å². The first-order valence-electron chi connectivity index (χ1n) is 6.52. The highest BCUT2D eigenvalue weighted by Gasteiger charge is 2.08. The molecule has 0 spiro atoms. The summed E-state index contributed by atoms with van der Waals surface area (Å²) in [6.45, 7) is 4.22. The SMILES string of the molecule is COc1cccc(COc2ccc(F)c(C(C)C)c2)n1. The van der Waals surface area contributed by atoms with Gasteiger partial charge in [-0.15, -0.1) is 0 Å². The van der Waals surface area contributed by atoms with Gasteiger partial charge in [0.2, 0.25) is 5.88 Å². The molecule has 2 aromatic rings. The average Bonchev–Trinajstić information content (AvgIpc) is 2.46. The van der Waals surface area contributed by atoms with Crippen LogP contribution in [0.5, 0.6) is 11.6 Å². The van der Waals surface area contributed by atoms with Crippen LogP contribution in [0.3, 0.4) is 0 Å². The van der Waals surface area contributed by atoms with Crippen LogP contribution in [-0.2, 0) is 6.61 Å². The zero-order valence-electron chi connectivity index (χ0n) is 11.9. The Hall–Kier alpha value is -2.10. The molecule has 0 bridgehead atoms. The van der Waals surface area contributed by atoms with Crippen LogP contribution in [0.25, 0.3) is 0 Å². The van der Waals surface area contributed by atoms with E-state index < -0.39 is 0 Å². The van der Waals surface area contributed by atoms with Crippen LogP contribution in [0.4, 0.5) is 4.39 Å². The second kappa shape index (κ2) is 6.37. The molecule has 0 saturated carbocycles. The Balaban J connectivity index is 2.08. The third-order valence-corrected chi connectivity index (χ3v) is 2.97. The third kappa shape index (κ3) is 3.47. The Morgan fingerprint density at radius 3 is 2.70 bits per heavy atom. The predicted octanol–water partition coefficient (Wildman–Crippen LogP) is 3.93. The van der Waals surface area contributed by atoms with Crippen LogP contribution in [0.1, 0.15) is 31.0 Å². The molecular weight excluding hydrogens is 257 g/mol. The molecule has 3 nitrogen and oxygen atoms in total. The molecule has 4 heteroatoms. The van der Waals surface area contributed by atoms with Crippen LogP contribution < -0.4 is 9.47 Å². The Morgan fingerprint density at radius 1 is 1.20 bits per heavy atom. The number of benzene rings is 1. The van der Waals surface area contributed by atoms with Crippen molar-refractivity contribution in [2.45, 2.75) is 26.4 Å². The van der Waals surface area contributed by atoms with Gasteiger partial charge in [0.1, 0.15) is 18.2 Å². The van der Waals surface area contributed by atoms with Gasteiger partial charge in [0.05, 0.1) is 12.8 Å².